The third-order valence-corrected chi connectivity index (χ3v) is 16.2. The highest BCUT2D eigenvalue weighted by Gasteiger charge is 2.63. The van der Waals surface area contributed by atoms with E-state index in [4.69, 9.17) is 0 Å². The summed E-state index contributed by atoms with van der Waals surface area (Å²) in [5, 5.41) is 52.1. The molecule has 0 spiro atoms. The van der Waals surface area contributed by atoms with Crippen molar-refractivity contribution in [2.45, 2.75) is 151 Å². The summed E-state index contributed by atoms with van der Waals surface area (Å²) in [4.78, 5) is 27.8. The number of aliphatic hydroxyl groups excluding tert-OH is 2. The number of allylic oxidation sites excluding steroid dienone is 9. The van der Waals surface area contributed by atoms with Crippen molar-refractivity contribution >= 4 is 11.6 Å². The van der Waals surface area contributed by atoms with Crippen LogP contribution in [0.5, 0.6) is 11.5 Å². The number of rotatable bonds is 17. The summed E-state index contributed by atoms with van der Waals surface area (Å²) in [6, 6.07) is 4.37. The summed E-state index contributed by atoms with van der Waals surface area (Å²) in [6.07, 6.45) is 20.8. The van der Waals surface area contributed by atoms with Gasteiger partial charge in [-0.2, -0.15) is 0 Å². The lowest BCUT2D eigenvalue weighted by Crippen LogP contribution is -2.53. The van der Waals surface area contributed by atoms with Gasteiger partial charge in [0.25, 0.3) is 0 Å². The number of hydrogen-bond acceptors (Lipinski definition) is 7. The summed E-state index contributed by atoms with van der Waals surface area (Å²) in [6.45, 7) is 19.0. The van der Waals surface area contributed by atoms with Crippen LogP contribution < -0.4 is 0 Å². The molecule has 320 valence electrons. The van der Waals surface area contributed by atoms with Crippen LogP contribution in [0.4, 0.5) is 0 Å². The Hall–Kier alpha value is -3.26. The van der Waals surface area contributed by atoms with Gasteiger partial charge in [0.2, 0.25) is 0 Å². The summed E-state index contributed by atoms with van der Waals surface area (Å²) >= 11 is 0. The molecular formula is C51H74O7. The number of aromatic hydroxyl groups is 2. The van der Waals surface area contributed by atoms with E-state index in [0.29, 0.717) is 54.4 Å². The molecule has 0 amide bonds. The van der Waals surface area contributed by atoms with Crippen LogP contribution in [0.2, 0.25) is 0 Å². The van der Waals surface area contributed by atoms with Gasteiger partial charge < -0.3 is 25.5 Å². The Balaban J connectivity index is 1.36. The van der Waals surface area contributed by atoms with E-state index < -0.39 is 18.1 Å². The molecule has 8 unspecified atom stereocenters. The number of ketones is 2. The van der Waals surface area contributed by atoms with Crippen molar-refractivity contribution in [3.8, 4) is 11.5 Å². The van der Waals surface area contributed by atoms with Crippen LogP contribution in [0, 0.1) is 45.3 Å². The highest BCUT2D eigenvalue weighted by Crippen LogP contribution is 2.71. The Morgan fingerprint density at radius 3 is 2.31 bits per heavy atom. The molecule has 0 radical (unpaired) electrons. The fourth-order valence-electron chi connectivity index (χ4n) is 11.9. The number of phenolic OH excluding ortho intramolecular Hbond substituents is 2. The number of aliphatic hydroxyl groups is 3. The second-order valence-corrected chi connectivity index (χ2v) is 20.3. The lowest BCUT2D eigenvalue weighted by molar-refractivity contribution is -0.138. The highest BCUT2D eigenvalue weighted by atomic mass is 16.3. The normalized spacial score (nSPS) is 30.7. The molecule has 7 nitrogen and oxygen atoms in total. The van der Waals surface area contributed by atoms with Crippen molar-refractivity contribution < 1.29 is 35.1 Å². The quantitative estimate of drug-likeness (QED) is 0.0601. The number of carbonyl (C=O) groups excluding carboxylic acids is 2. The lowest BCUT2D eigenvalue weighted by Gasteiger charge is -2.59. The van der Waals surface area contributed by atoms with Crippen LogP contribution >= 0.6 is 0 Å². The number of phenols is 2. The third-order valence-electron chi connectivity index (χ3n) is 16.2. The molecular weight excluding hydrogens is 725 g/mol. The topological polar surface area (TPSA) is 135 Å². The summed E-state index contributed by atoms with van der Waals surface area (Å²) in [7, 11) is 0. The van der Waals surface area contributed by atoms with Crippen molar-refractivity contribution in [2.24, 2.45) is 45.3 Å². The van der Waals surface area contributed by atoms with E-state index in [1.54, 1.807) is 6.92 Å². The van der Waals surface area contributed by atoms with E-state index in [2.05, 4.69) is 66.7 Å². The molecule has 5 N–H and O–H groups in total. The molecule has 0 bridgehead atoms. The Kier molecular flexibility index (Phi) is 14.0. The maximum Gasteiger partial charge on any atom is 0.164 e. The minimum Gasteiger partial charge on any atom is -0.508 e. The molecule has 0 aliphatic heterocycles. The van der Waals surface area contributed by atoms with Crippen LogP contribution in [-0.4, -0.2) is 55.9 Å². The predicted molar refractivity (Wildman–Crippen MR) is 233 cm³/mol. The van der Waals surface area contributed by atoms with Crippen molar-refractivity contribution in [1.82, 2.24) is 0 Å². The van der Waals surface area contributed by atoms with Crippen molar-refractivity contribution in [2.75, 3.05) is 13.2 Å². The Morgan fingerprint density at radius 2 is 1.62 bits per heavy atom. The zero-order chi connectivity index (χ0) is 42.8. The molecule has 8 atom stereocenters. The predicted octanol–water partition coefficient (Wildman–Crippen LogP) is 10.5. The monoisotopic (exact) mass is 799 g/mol. The van der Waals surface area contributed by atoms with E-state index in [-0.39, 0.29) is 57.9 Å². The molecule has 1 aromatic carbocycles. The minimum absolute atomic E-state index is 0.00484. The molecule has 0 aromatic heterocycles. The molecule has 5 rings (SSSR count). The molecule has 0 heterocycles. The van der Waals surface area contributed by atoms with Gasteiger partial charge in [0.15, 0.2) is 5.78 Å². The first-order chi connectivity index (χ1) is 27.2. The van der Waals surface area contributed by atoms with Gasteiger partial charge in [0.1, 0.15) is 17.3 Å². The van der Waals surface area contributed by atoms with Gasteiger partial charge in [0.05, 0.1) is 24.7 Å². The maximum atomic E-state index is 14.7. The van der Waals surface area contributed by atoms with Gasteiger partial charge in [-0.05, 0) is 167 Å². The zero-order valence-corrected chi connectivity index (χ0v) is 37.1. The van der Waals surface area contributed by atoms with Gasteiger partial charge in [-0.3, -0.25) is 9.59 Å². The SMILES string of the molecule is CC(=CCCC(C)=CCCC(=CCc1cc(O)ccc1O)C(=O)C(CCC(C)C1CCC2(C)C3=CCC4C(C)(C)C(=O)CCC4(C)C3=CCC12C)C(C)(O)CO)CO. The zero-order valence-electron chi connectivity index (χ0n) is 37.1. The molecule has 2 fully saturated rings. The Labute approximate surface area is 349 Å². The minimum atomic E-state index is -1.63. The van der Waals surface area contributed by atoms with Gasteiger partial charge in [-0.15, -0.1) is 0 Å². The molecule has 58 heavy (non-hydrogen) atoms. The van der Waals surface area contributed by atoms with E-state index in [9.17, 15) is 35.1 Å². The lowest BCUT2D eigenvalue weighted by atomic mass is 9.44. The average molecular weight is 799 g/mol. The maximum absolute atomic E-state index is 14.7. The number of Topliss-reactive ketones (excluding diaryl/α,β-unsaturated/α-hetero) is 2. The molecule has 4 aliphatic carbocycles. The average Bonchev–Trinajstić information content (AvgIpc) is 3.46. The van der Waals surface area contributed by atoms with Gasteiger partial charge in [-0.1, -0.05) is 83.1 Å². The smallest absolute Gasteiger partial charge is 0.164 e. The number of carbonyl (C=O) groups is 2. The third kappa shape index (κ3) is 8.79. The first kappa shape index (κ1) is 45.8. The van der Waals surface area contributed by atoms with Crippen LogP contribution in [0.1, 0.15) is 145 Å². The molecule has 1 aromatic rings. The standard InChI is InChI=1S/C51H74O7/c1-33(12-10-14-34(2)31-52)13-11-15-36(17-18-37-30-38(54)19-22-43(37)55)46(57)42(51(9,58)32-53)20-16-35(3)39-24-28-50(8)41-21-23-44-47(4,5)45(56)26-27-48(44,6)40(41)25-29-49(39,50)7/h13-14,17,19,21-22,25,30,35,39,42,44,52-55,58H,10-12,15-16,18,20,23-24,26-29,31-32H2,1-9H3. The molecule has 0 saturated heterocycles. The van der Waals surface area contributed by atoms with E-state index in [1.807, 2.05) is 19.1 Å². The largest absolute Gasteiger partial charge is 0.508 e. The van der Waals surface area contributed by atoms with Crippen LogP contribution in [0.3, 0.4) is 0 Å². The number of hydrogen-bond donors (Lipinski definition) is 5. The van der Waals surface area contributed by atoms with E-state index in [1.165, 1.54) is 34.9 Å². The number of fused-ring (bicyclic) bond motifs is 5. The van der Waals surface area contributed by atoms with Crippen LogP contribution in [0.25, 0.3) is 0 Å². The van der Waals surface area contributed by atoms with Crippen molar-refractivity contribution in [3.63, 3.8) is 0 Å². The molecule has 7 heteroatoms. The van der Waals surface area contributed by atoms with E-state index >= 15 is 0 Å². The Morgan fingerprint density at radius 1 is 0.931 bits per heavy atom. The molecule has 2 saturated carbocycles. The Bertz CT molecular complexity index is 1860. The second-order valence-electron chi connectivity index (χ2n) is 20.3. The van der Waals surface area contributed by atoms with Gasteiger partial charge in [-0.25, -0.2) is 0 Å². The van der Waals surface area contributed by atoms with Crippen LogP contribution in [-0.2, 0) is 16.0 Å². The van der Waals surface area contributed by atoms with Crippen LogP contribution in [0.15, 0.2) is 76.4 Å². The summed E-state index contributed by atoms with van der Waals surface area (Å²) in [5.41, 5.74) is 4.23. The van der Waals surface area contributed by atoms with E-state index in [0.717, 1.165) is 56.9 Å². The molecule has 4 aliphatic rings. The first-order valence-electron chi connectivity index (χ1n) is 22.1. The number of benzene rings is 1. The summed E-state index contributed by atoms with van der Waals surface area (Å²) < 4.78 is 0. The fourth-order valence-corrected chi connectivity index (χ4v) is 11.9. The van der Waals surface area contributed by atoms with Gasteiger partial charge >= 0.3 is 0 Å². The fraction of sp³-hybridized carbons (Fsp3) is 0.647. The van der Waals surface area contributed by atoms with Gasteiger partial charge in [0, 0.05) is 17.4 Å². The van der Waals surface area contributed by atoms with Crippen molar-refractivity contribution in [1.29, 1.82) is 0 Å². The highest BCUT2D eigenvalue weighted by molar-refractivity contribution is 5.98. The first-order valence-corrected chi connectivity index (χ1v) is 22.1. The summed E-state index contributed by atoms with van der Waals surface area (Å²) in [5.74, 6) is 0.442. The van der Waals surface area contributed by atoms with Crippen molar-refractivity contribution in [3.05, 3.63) is 82.0 Å². The second kappa shape index (κ2) is 17.8.